The molecule has 7 heteroatoms. The van der Waals surface area contributed by atoms with Crippen molar-refractivity contribution in [3.63, 3.8) is 0 Å². The van der Waals surface area contributed by atoms with Crippen molar-refractivity contribution in [3.05, 3.63) is 112 Å². The number of nitrogens with one attached hydrogen (secondary N) is 1. The molecule has 162 valence electrons. The number of fused-ring (bicyclic) bond motifs is 4. The Bertz CT molecular complexity index is 1390. The first-order chi connectivity index (χ1) is 16.2. The molecule has 0 saturated carbocycles. The molecule has 4 aromatic rings. The minimum absolute atomic E-state index is 0.497. The summed E-state index contributed by atoms with van der Waals surface area (Å²) in [5.41, 5.74) is 9.18. The summed E-state index contributed by atoms with van der Waals surface area (Å²) in [6.07, 6.45) is 5.68. The summed E-state index contributed by atoms with van der Waals surface area (Å²) in [6.45, 7) is 2.44. The molecular formula is C26H21ClN6. The highest BCUT2D eigenvalue weighted by Crippen LogP contribution is 2.28. The number of hydrogen-bond acceptors (Lipinski definition) is 5. The lowest BCUT2D eigenvalue weighted by atomic mass is 10.0. The van der Waals surface area contributed by atoms with Crippen LogP contribution in [0.3, 0.4) is 0 Å². The van der Waals surface area contributed by atoms with E-state index in [2.05, 4.69) is 32.9 Å². The van der Waals surface area contributed by atoms with Gasteiger partial charge in [0.1, 0.15) is 12.4 Å². The molecule has 0 saturated heterocycles. The smallest absolute Gasteiger partial charge is 0.159 e. The van der Waals surface area contributed by atoms with E-state index in [4.69, 9.17) is 16.6 Å². The molecule has 6 nitrogen and oxygen atoms in total. The minimum atomic E-state index is 0.497. The average molecular weight is 453 g/mol. The van der Waals surface area contributed by atoms with Crippen LogP contribution in [0.5, 0.6) is 0 Å². The number of para-hydroxylation sites is 1. The van der Waals surface area contributed by atoms with E-state index in [1.807, 2.05) is 84.3 Å². The normalized spacial score (nSPS) is 13.2. The van der Waals surface area contributed by atoms with E-state index < -0.39 is 0 Å². The van der Waals surface area contributed by atoms with Gasteiger partial charge in [-0.25, -0.2) is 0 Å². The third-order valence-electron chi connectivity index (χ3n) is 5.35. The van der Waals surface area contributed by atoms with Crippen molar-refractivity contribution in [3.8, 4) is 5.69 Å². The van der Waals surface area contributed by atoms with Crippen LogP contribution < -0.4 is 5.43 Å². The minimum Gasteiger partial charge on any atom is -0.281 e. The maximum atomic E-state index is 6.23. The first-order valence-electron chi connectivity index (χ1n) is 10.6. The fraction of sp³-hybridized carbons (Fsp3) is 0.0769. The predicted octanol–water partition coefficient (Wildman–Crippen LogP) is 5.69. The van der Waals surface area contributed by atoms with E-state index in [-0.39, 0.29) is 0 Å². The first-order valence-corrected chi connectivity index (χ1v) is 10.9. The lowest BCUT2D eigenvalue weighted by molar-refractivity contribution is 0.862. The van der Waals surface area contributed by atoms with Crippen LogP contribution in [0.4, 0.5) is 5.69 Å². The molecule has 0 radical (unpaired) electrons. The van der Waals surface area contributed by atoms with Gasteiger partial charge in [-0.2, -0.15) is 5.10 Å². The lowest BCUT2D eigenvalue weighted by Crippen LogP contribution is -2.08. The van der Waals surface area contributed by atoms with Crippen LogP contribution in [0.2, 0.25) is 5.02 Å². The van der Waals surface area contributed by atoms with Crippen molar-refractivity contribution >= 4 is 35.3 Å². The van der Waals surface area contributed by atoms with Gasteiger partial charge in [0.15, 0.2) is 5.82 Å². The van der Waals surface area contributed by atoms with Gasteiger partial charge in [-0.15, -0.1) is 10.2 Å². The molecule has 0 aliphatic carbocycles. The van der Waals surface area contributed by atoms with Crippen molar-refractivity contribution in [1.82, 2.24) is 14.8 Å². The van der Waals surface area contributed by atoms with E-state index in [1.165, 1.54) is 5.56 Å². The van der Waals surface area contributed by atoms with Crippen LogP contribution in [0.25, 0.3) is 11.8 Å². The highest BCUT2D eigenvalue weighted by Gasteiger charge is 2.21. The molecule has 3 aromatic carbocycles. The van der Waals surface area contributed by atoms with Crippen LogP contribution in [0.1, 0.15) is 28.3 Å². The molecule has 1 aromatic heterocycles. The Morgan fingerprint density at radius 2 is 1.76 bits per heavy atom. The van der Waals surface area contributed by atoms with E-state index in [0.29, 0.717) is 11.6 Å². The molecule has 2 aliphatic heterocycles. The van der Waals surface area contributed by atoms with Gasteiger partial charge >= 0.3 is 0 Å². The molecule has 2 aliphatic rings. The molecule has 3 heterocycles. The molecule has 33 heavy (non-hydrogen) atoms. The van der Waals surface area contributed by atoms with Gasteiger partial charge in [-0.3, -0.25) is 15.0 Å². The van der Waals surface area contributed by atoms with Gasteiger partial charge in [-0.1, -0.05) is 66.2 Å². The van der Waals surface area contributed by atoms with Gasteiger partial charge in [0.25, 0.3) is 0 Å². The highest BCUT2D eigenvalue weighted by molar-refractivity contribution is 6.31. The Kier molecular flexibility index (Phi) is 5.83. The van der Waals surface area contributed by atoms with E-state index in [9.17, 15) is 0 Å². The molecule has 0 bridgehead atoms. The Morgan fingerprint density at radius 1 is 0.939 bits per heavy atom. The first kappa shape index (κ1) is 20.8. The zero-order chi connectivity index (χ0) is 22.6. The third kappa shape index (κ3) is 4.33. The summed E-state index contributed by atoms with van der Waals surface area (Å²) in [5.74, 6) is 1.69. The number of aliphatic imine (C=N–C) groups is 1. The van der Waals surface area contributed by atoms with Crippen molar-refractivity contribution < 1.29 is 0 Å². The maximum absolute atomic E-state index is 6.23. The monoisotopic (exact) mass is 452 g/mol. The lowest BCUT2D eigenvalue weighted by Gasteiger charge is -2.12. The Labute approximate surface area is 197 Å². The largest absolute Gasteiger partial charge is 0.281 e. The zero-order valence-electron chi connectivity index (χ0n) is 18.0. The zero-order valence-corrected chi connectivity index (χ0v) is 18.7. The number of aryl methyl sites for hydroxylation is 1. The number of benzene rings is 3. The summed E-state index contributed by atoms with van der Waals surface area (Å²) in [5, 5.41) is 13.0. The Morgan fingerprint density at radius 3 is 2.64 bits per heavy atom. The van der Waals surface area contributed by atoms with Gasteiger partial charge in [0.2, 0.25) is 0 Å². The van der Waals surface area contributed by atoms with Crippen molar-refractivity contribution in [1.29, 1.82) is 0 Å². The third-order valence-corrected chi connectivity index (χ3v) is 5.59. The second kappa shape index (κ2) is 9.22. The second-order valence-electron chi connectivity index (χ2n) is 7.53. The standard InChI is InChI=1S/C17H13ClN4.C9H8N2/c1-11-20-21-16-10-19-17(12-5-3-2-4-6-12)14-9-13(18)7-8-15(14)22(11)16;1-2-6-9-8(4-1)5-3-7-10-11-9/h2-9H,10H2,1H3;1-7,11H. The van der Waals surface area contributed by atoms with E-state index in [0.717, 1.165) is 39.9 Å². The summed E-state index contributed by atoms with van der Waals surface area (Å²) in [7, 11) is 0. The fourth-order valence-corrected chi connectivity index (χ4v) is 4.01. The number of aromatic nitrogens is 3. The van der Waals surface area contributed by atoms with Crippen LogP contribution in [0, 0.1) is 6.92 Å². The SMILES string of the molecule is C1=Cc2ccccc2NN=C1.Cc1nnc2n1-c1ccc(Cl)cc1C(c1ccccc1)=NC2. The van der Waals surface area contributed by atoms with Gasteiger partial charge in [-0.05, 0) is 42.8 Å². The van der Waals surface area contributed by atoms with Gasteiger partial charge in [0, 0.05) is 22.4 Å². The number of hydrazone groups is 1. The van der Waals surface area contributed by atoms with Crippen molar-refractivity contribution in [2.24, 2.45) is 10.1 Å². The van der Waals surface area contributed by atoms with Crippen LogP contribution >= 0.6 is 11.6 Å². The number of nitrogens with zero attached hydrogens (tertiary/aromatic N) is 5. The topological polar surface area (TPSA) is 67.5 Å². The highest BCUT2D eigenvalue weighted by atomic mass is 35.5. The maximum Gasteiger partial charge on any atom is 0.159 e. The quantitative estimate of drug-likeness (QED) is 0.403. The predicted molar refractivity (Wildman–Crippen MR) is 134 cm³/mol. The van der Waals surface area contributed by atoms with Gasteiger partial charge < -0.3 is 0 Å². The molecule has 0 spiro atoms. The van der Waals surface area contributed by atoms with Crippen molar-refractivity contribution in [2.75, 3.05) is 5.43 Å². The molecule has 1 N–H and O–H groups in total. The molecular weight excluding hydrogens is 432 g/mol. The average Bonchev–Trinajstić information content (AvgIpc) is 3.01. The van der Waals surface area contributed by atoms with E-state index >= 15 is 0 Å². The Hall–Kier alpha value is -4.03. The molecule has 0 fully saturated rings. The van der Waals surface area contributed by atoms with Crippen LogP contribution in [-0.2, 0) is 6.54 Å². The summed E-state index contributed by atoms with van der Waals surface area (Å²) >= 11 is 6.23. The second-order valence-corrected chi connectivity index (χ2v) is 7.96. The van der Waals surface area contributed by atoms with Crippen molar-refractivity contribution in [2.45, 2.75) is 13.5 Å². The molecule has 0 unspecified atom stereocenters. The Balaban J connectivity index is 0.000000174. The summed E-state index contributed by atoms with van der Waals surface area (Å²) < 4.78 is 2.05. The molecule has 6 rings (SSSR count). The number of halogens is 1. The number of allylic oxidation sites excluding steroid dienone is 1. The fourth-order valence-electron chi connectivity index (χ4n) is 3.83. The van der Waals surface area contributed by atoms with E-state index in [1.54, 1.807) is 6.21 Å². The number of rotatable bonds is 1. The van der Waals surface area contributed by atoms with Crippen LogP contribution in [0.15, 0.2) is 89.0 Å². The summed E-state index contributed by atoms with van der Waals surface area (Å²) in [6, 6.07) is 24.0. The number of hydrogen-bond donors (Lipinski definition) is 1. The molecule has 0 amide bonds. The molecule has 0 atom stereocenters. The van der Waals surface area contributed by atoms with Gasteiger partial charge in [0.05, 0.1) is 17.1 Å². The van der Waals surface area contributed by atoms with Crippen LogP contribution in [-0.4, -0.2) is 26.7 Å². The number of anilines is 1. The summed E-state index contributed by atoms with van der Waals surface area (Å²) in [4.78, 5) is 4.77.